The molecule has 1 aromatic heterocycles. The zero-order valence-corrected chi connectivity index (χ0v) is 10.5. The van der Waals surface area contributed by atoms with Gasteiger partial charge < -0.3 is 9.88 Å². The average Bonchev–Trinajstić information content (AvgIpc) is 2.99. The monoisotopic (exact) mass is 236 g/mol. The van der Waals surface area contributed by atoms with E-state index in [1.165, 1.54) is 12.8 Å². The Balaban J connectivity index is 1.70. The molecule has 1 saturated carbocycles. The van der Waals surface area contributed by atoms with Crippen LogP contribution in [0, 0.1) is 0 Å². The first kappa shape index (κ1) is 12.1. The lowest BCUT2D eigenvalue weighted by Crippen LogP contribution is -2.41. The minimum atomic E-state index is 0.104. The molecule has 0 aromatic carbocycles. The third-order valence-electron chi connectivity index (χ3n) is 3.01. The third-order valence-corrected chi connectivity index (χ3v) is 3.01. The van der Waals surface area contributed by atoms with Crippen molar-refractivity contribution >= 4 is 5.91 Å². The summed E-state index contributed by atoms with van der Waals surface area (Å²) in [7, 11) is 2.01. The maximum atomic E-state index is 11.7. The van der Waals surface area contributed by atoms with Crippen LogP contribution < -0.4 is 5.32 Å². The zero-order valence-electron chi connectivity index (χ0n) is 10.5. The van der Waals surface area contributed by atoms with E-state index in [0.29, 0.717) is 12.6 Å². The van der Waals surface area contributed by atoms with E-state index in [-0.39, 0.29) is 11.9 Å². The molecule has 1 unspecified atom stereocenters. The van der Waals surface area contributed by atoms with Gasteiger partial charge in [-0.2, -0.15) is 0 Å². The minimum absolute atomic E-state index is 0.104. The van der Waals surface area contributed by atoms with Gasteiger partial charge in [-0.05, 0) is 26.8 Å². The van der Waals surface area contributed by atoms with E-state index in [2.05, 4.69) is 15.2 Å². The molecule has 5 nitrogen and oxygen atoms in total. The molecule has 1 aromatic rings. The quantitative estimate of drug-likeness (QED) is 0.781. The van der Waals surface area contributed by atoms with Crippen LogP contribution in [0.2, 0.25) is 0 Å². The second-order valence-corrected chi connectivity index (χ2v) is 4.87. The molecule has 0 spiro atoms. The highest BCUT2D eigenvalue weighted by Gasteiger charge is 2.27. The van der Waals surface area contributed by atoms with Crippen LogP contribution in [0.1, 0.15) is 19.8 Å². The number of hydrogen-bond acceptors (Lipinski definition) is 3. The van der Waals surface area contributed by atoms with Gasteiger partial charge in [0.1, 0.15) is 0 Å². The summed E-state index contributed by atoms with van der Waals surface area (Å²) < 4.78 is 1.97. The Labute approximate surface area is 102 Å². The minimum Gasteiger partial charge on any atom is -0.351 e. The Morgan fingerprint density at radius 3 is 3.00 bits per heavy atom. The molecule has 0 aliphatic heterocycles. The SMILES string of the molecule is CC(Cn1ccnc1)NC(=O)CN(C)C1CC1. The summed E-state index contributed by atoms with van der Waals surface area (Å²) in [5.74, 6) is 0.104. The van der Waals surface area contributed by atoms with Crippen molar-refractivity contribution < 1.29 is 4.79 Å². The molecule has 1 fully saturated rings. The summed E-state index contributed by atoms with van der Waals surface area (Å²) in [4.78, 5) is 17.8. The summed E-state index contributed by atoms with van der Waals surface area (Å²) in [5.41, 5.74) is 0. The average molecular weight is 236 g/mol. The normalized spacial score (nSPS) is 17.1. The Bertz CT molecular complexity index is 359. The predicted octanol–water partition coefficient (Wildman–Crippen LogP) is 0.482. The highest BCUT2D eigenvalue weighted by atomic mass is 16.2. The zero-order chi connectivity index (χ0) is 12.3. The van der Waals surface area contributed by atoms with Crippen molar-refractivity contribution in [1.29, 1.82) is 0 Å². The molecule has 1 aliphatic rings. The predicted molar refractivity (Wildman–Crippen MR) is 65.5 cm³/mol. The third kappa shape index (κ3) is 3.85. The molecule has 1 heterocycles. The second-order valence-electron chi connectivity index (χ2n) is 4.87. The number of aromatic nitrogens is 2. The van der Waals surface area contributed by atoms with Gasteiger partial charge >= 0.3 is 0 Å². The van der Waals surface area contributed by atoms with E-state index in [9.17, 15) is 4.79 Å². The lowest BCUT2D eigenvalue weighted by Gasteiger charge is -2.18. The van der Waals surface area contributed by atoms with Gasteiger partial charge in [0.05, 0.1) is 12.9 Å². The number of carbonyl (C=O) groups excluding carboxylic acids is 1. The van der Waals surface area contributed by atoms with Crippen LogP contribution >= 0.6 is 0 Å². The van der Waals surface area contributed by atoms with E-state index in [0.717, 1.165) is 6.54 Å². The fourth-order valence-electron chi connectivity index (χ4n) is 1.95. The highest BCUT2D eigenvalue weighted by molar-refractivity contribution is 5.78. The van der Waals surface area contributed by atoms with Gasteiger partial charge in [-0.25, -0.2) is 4.98 Å². The summed E-state index contributed by atoms with van der Waals surface area (Å²) in [6.07, 6.45) is 7.87. The molecular formula is C12H20N4O. The summed E-state index contributed by atoms with van der Waals surface area (Å²) in [5, 5.41) is 3.00. The molecule has 1 amide bonds. The number of nitrogens with one attached hydrogen (secondary N) is 1. The summed E-state index contributed by atoms with van der Waals surface area (Å²) >= 11 is 0. The second kappa shape index (κ2) is 5.31. The number of rotatable bonds is 6. The van der Waals surface area contributed by atoms with Gasteiger partial charge in [0.15, 0.2) is 0 Å². The number of hydrogen-bond donors (Lipinski definition) is 1. The molecule has 17 heavy (non-hydrogen) atoms. The molecule has 1 aliphatic carbocycles. The van der Waals surface area contributed by atoms with E-state index in [1.54, 1.807) is 12.5 Å². The van der Waals surface area contributed by atoms with Crippen LogP contribution in [0.4, 0.5) is 0 Å². The largest absolute Gasteiger partial charge is 0.351 e. The van der Waals surface area contributed by atoms with Crippen LogP contribution in [0.3, 0.4) is 0 Å². The maximum Gasteiger partial charge on any atom is 0.234 e. The lowest BCUT2D eigenvalue weighted by molar-refractivity contribution is -0.122. The number of carbonyl (C=O) groups is 1. The molecule has 2 rings (SSSR count). The van der Waals surface area contributed by atoms with E-state index < -0.39 is 0 Å². The Kier molecular flexibility index (Phi) is 3.78. The van der Waals surface area contributed by atoms with E-state index in [1.807, 2.05) is 24.7 Å². The first-order valence-corrected chi connectivity index (χ1v) is 6.10. The first-order valence-electron chi connectivity index (χ1n) is 6.10. The summed E-state index contributed by atoms with van der Waals surface area (Å²) in [6, 6.07) is 0.758. The standard InChI is InChI=1S/C12H20N4O/c1-10(7-16-6-5-13-9-16)14-12(17)8-15(2)11-3-4-11/h5-6,9-11H,3-4,7-8H2,1-2H3,(H,14,17). The van der Waals surface area contributed by atoms with Crippen LogP contribution in [0.5, 0.6) is 0 Å². The molecule has 1 N–H and O–H groups in total. The van der Waals surface area contributed by atoms with Gasteiger partial charge in [-0.1, -0.05) is 0 Å². The van der Waals surface area contributed by atoms with E-state index in [4.69, 9.17) is 0 Å². The van der Waals surface area contributed by atoms with Gasteiger partial charge in [-0.3, -0.25) is 9.69 Å². The van der Waals surface area contributed by atoms with Crippen molar-refractivity contribution in [2.75, 3.05) is 13.6 Å². The molecule has 94 valence electrons. The molecule has 0 bridgehead atoms. The number of amides is 1. The van der Waals surface area contributed by atoms with Gasteiger partial charge in [0.25, 0.3) is 0 Å². The first-order chi connectivity index (χ1) is 8.15. The maximum absolute atomic E-state index is 11.7. The Morgan fingerprint density at radius 1 is 1.65 bits per heavy atom. The Hall–Kier alpha value is -1.36. The number of nitrogens with zero attached hydrogens (tertiary/aromatic N) is 3. The van der Waals surface area contributed by atoms with Crippen LogP contribution in [-0.4, -0.2) is 46.0 Å². The molecule has 5 heteroatoms. The van der Waals surface area contributed by atoms with Crippen molar-refractivity contribution in [1.82, 2.24) is 19.8 Å². The Morgan fingerprint density at radius 2 is 2.41 bits per heavy atom. The van der Waals surface area contributed by atoms with Gasteiger partial charge in [0.2, 0.25) is 5.91 Å². The van der Waals surface area contributed by atoms with Crippen LogP contribution in [0.15, 0.2) is 18.7 Å². The number of likely N-dealkylation sites (N-methyl/N-ethyl adjacent to an activating group) is 1. The van der Waals surface area contributed by atoms with Crippen LogP contribution in [0.25, 0.3) is 0 Å². The van der Waals surface area contributed by atoms with Gasteiger partial charge in [0, 0.05) is 31.0 Å². The fraction of sp³-hybridized carbons (Fsp3) is 0.667. The highest BCUT2D eigenvalue weighted by Crippen LogP contribution is 2.24. The van der Waals surface area contributed by atoms with Crippen molar-refractivity contribution in [2.45, 2.75) is 38.4 Å². The topological polar surface area (TPSA) is 50.2 Å². The number of imidazole rings is 1. The van der Waals surface area contributed by atoms with Gasteiger partial charge in [-0.15, -0.1) is 0 Å². The molecule has 1 atom stereocenters. The van der Waals surface area contributed by atoms with Crippen molar-refractivity contribution in [3.8, 4) is 0 Å². The van der Waals surface area contributed by atoms with Crippen molar-refractivity contribution in [3.63, 3.8) is 0 Å². The van der Waals surface area contributed by atoms with Crippen molar-refractivity contribution in [3.05, 3.63) is 18.7 Å². The molecule has 0 saturated heterocycles. The smallest absolute Gasteiger partial charge is 0.234 e. The fourth-order valence-corrected chi connectivity index (χ4v) is 1.95. The van der Waals surface area contributed by atoms with Crippen LogP contribution in [-0.2, 0) is 11.3 Å². The molecular weight excluding hydrogens is 216 g/mol. The van der Waals surface area contributed by atoms with Crippen molar-refractivity contribution in [2.24, 2.45) is 0 Å². The summed E-state index contributed by atoms with van der Waals surface area (Å²) in [6.45, 7) is 3.27. The lowest BCUT2D eigenvalue weighted by atomic mass is 10.3. The van der Waals surface area contributed by atoms with E-state index >= 15 is 0 Å². The molecule has 0 radical (unpaired) electrons.